The maximum atomic E-state index is 12.7. The Kier molecular flexibility index (Phi) is 4.86. The van der Waals surface area contributed by atoms with Gasteiger partial charge in [0.15, 0.2) is 0 Å². The zero-order valence-corrected chi connectivity index (χ0v) is 14.2. The van der Waals surface area contributed by atoms with Crippen LogP contribution >= 0.6 is 11.6 Å². The van der Waals surface area contributed by atoms with Crippen LogP contribution in [0.15, 0.2) is 48.5 Å². The van der Waals surface area contributed by atoms with Gasteiger partial charge in [-0.15, -0.1) is 0 Å². The molecule has 4 nitrogen and oxygen atoms in total. The van der Waals surface area contributed by atoms with Gasteiger partial charge >= 0.3 is 0 Å². The van der Waals surface area contributed by atoms with Crippen LogP contribution in [0.3, 0.4) is 0 Å². The van der Waals surface area contributed by atoms with Gasteiger partial charge in [0.2, 0.25) is 11.8 Å². The standard InChI is InChI=1S/C19H19ClN2O2/c1-2-18(23)22-16-9-4-3-7-14(16)11-17(22)19(24)21-12-13-6-5-8-15(20)10-13/h3-10,17H,2,11-12H2,1H3,(H,21,24)/t17-/m1/s1. The fourth-order valence-corrected chi connectivity index (χ4v) is 3.24. The number of nitrogens with one attached hydrogen (secondary N) is 1. The molecular weight excluding hydrogens is 324 g/mol. The van der Waals surface area contributed by atoms with Crippen molar-refractivity contribution in [2.24, 2.45) is 0 Å². The molecule has 24 heavy (non-hydrogen) atoms. The van der Waals surface area contributed by atoms with Crippen molar-refractivity contribution in [1.29, 1.82) is 0 Å². The molecule has 0 spiro atoms. The van der Waals surface area contributed by atoms with Crippen LogP contribution in [0.4, 0.5) is 5.69 Å². The molecule has 3 rings (SSSR count). The van der Waals surface area contributed by atoms with Crippen LogP contribution in [0.1, 0.15) is 24.5 Å². The smallest absolute Gasteiger partial charge is 0.243 e. The van der Waals surface area contributed by atoms with Gasteiger partial charge in [-0.2, -0.15) is 0 Å². The normalized spacial score (nSPS) is 15.9. The summed E-state index contributed by atoms with van der Waals surface area (Å²) in [4.78, 5) is 26.6. The van der Waals surface area contributed by atoms with E-state index in [9.17, 15) is 9.59 Å². The largest absolute Gasteiger partial charge is 0.350 e. The molecule has 1 N–H and O–H groups in total. The molecule has 1 atom stereocenters. The minimum Gasteiger partial charge on any atom is -0.350 e. The first-order valence-electron chi connectivity index (χ1n) is 8.02. The highest BCUT2D eigenvalue weighted by Gasteiger charge is 2.37. The summed E-state index contributed by atoms with van der Waals surface area (Å²) >= 11 is 5.97. The Hall–Kier alpha value is -2.33. The zero-order chi connectivity index (χ0) is 17.1. The highest BCUT2D eigenvalue weighted by Crippen LogP contribution is 2.32. The lowest BCUT2D eigenvalue weighted by Crippen LogP contribution is -2.47. The van der Waals surface area contributed by atoms with Crippen LogP contribution in [-0.2, 0) is 22.6 Å². The Morgan fingerprint density at radius 2 is 2.00 bits per heavy atom. The molecule has 0 saturated heterocycles. The van der Waals surface area contributed by atoms with Crippen molar-refractivity contribution < 1.29 is 9.59 Å². The second-order valence-corrected chi connectivity index (χ2v) is 6.25. The molecule has 1 heterocycles. The van der Waals surface area contributed by atoms with Crippen LogP contribution in [-0.4, -0.2) is 17.9 Å². The number of fused-ring (bicyclic) bond motifs is 1. The van der Waals surface area contributed by atoms with Crippen molar-refractivity contribution in [3.63, 3.8) is 0 Å². The van der Waals surface area contributed by atoms with Gasteiger partial charge in [0.25, 0.3) is 0 Å². The molecule has 1 aliphatic heterocycles. The van der Waals surface area contributed by atoms with E-state index in [1.807, 2.05) is 49.4 Å². The second-order valence-electron chi connectivity index (χ2n) is 5.81. The van der Waals surface area contributed by atoms with E-state index in [0.29, 0.717) is 24.4 Å². The van der Waals surface area contributed by atoms with E-state index in [-0.39, 0.29) is 11.8 Å². The van der Waals surface area contributed by atoms with Crippen molar-refractivity contribution >= 4 is 29.1 Å². The number of anilines is 1. The third kappa shape index (κ3) is 3.29. The van der Waals surface area contributed by atoms with Gasteiger partial charge in [-0.3, -0.25) is 14.5 Å². The average Bonchev–Trinajstić information content (AvgIpc) is 2.98. The van der Waals surface area contributed by atoms with E-state index in [2.05, 4.69) is 5.32 Å². The van der Waals surface area contributed by atoms with Crippen LogP contribution < -0.4 is 10.2 Å². The van der Waals surface area contributed by atoms with Crippen molar-refractivity contribution in [2.45, 2.75) is 32.4 Å². The Bertz CT molecular complexity index is 775. The monoisotopic (exact) mass is 342 g/mol. The molecule has 2 aromatic rings. The summed E-state index contributed by atoms with van der Waals surface area (Å²) in [6.45, 7) is 2.20. The Morgan fingerprint density at radius 1 is 1.21 bits per heavy atom. The average molecular weight is 343 g/mol. The summed E-state index contributed by atoms with van der Waals surface area (Å²) in [5, 5.41) is 3.56. The minimum absolute atomic E-state index is 0.0390. The summed E-state index contributed by atoms with van der Waals surface area (Å²) in [7, 11) is 0. The highest BCUT2D eigenvalue weighted by atomic mass is 35.5. The maximum absolute atomic E-state index is 12.7. The zero-order valence-electron chi connectivity index (χ0n) is 13.5. The van der Waals surface area contributed by atoms with Gasteiger partial charge in [0, 0.05) is 30.1 Å². The number of carbonyl (C=O) groups is 2. The number of hydrogen-bond donors (Lipinski definition) is 1. The Balaban J connectivity index is 1.75. The molecule has 0 bridgehead atoms. The van der Waals surface area contributed by atoms with E-state index < -0.39 is 6.04 Å². The third-order valence-electron chi connectivity index (χ3n) is 4.21. The highest BCUT2D eigenvalue weighted by molar-refractivity contribution is 6.30. The van der Waals surface area contributed by atoms with Crippen LogP contribution in [0.5, 0.6) is 0 Å². The first kappa shape index (κ1) is 16.5. The molecular formula is C19H19ClN2O2. The molecule has 0 aliphatic carbocycles. The van der Waals surface area contributed by atoms with Crippen LogP contribution in [0, 0.1) is 0 Å². The van der Waals surface area contributed by atoms with Crippen molar-refractivity contribution in [1.82, 2.24) is 5.32 Å². The molecule has 0 fully saturated rings. The first-order valence-corrected chi connectivity index (χ1v) is 8.40. The van der Waals surface area contributed by atoms with Crippen molar-refractivity contribution in [3.8, 4) is 0 Å². The number of halogens is 1. The number of para-hydroxylation sites is 1. The van der Waals surface area contributed by atoms with E-state index in [4.69, 9.17) is 11.6 Å². The molecule has 2 aromatic carbocycles. The number of hydrogen-bond acceptors (Lipinski definition) is 2. The topological polar surface area (TPSA) is 49.4 Å². The predicted molar refractivity (Wildman–Crippen MR) is 95.0 cm³/mol. The van der Waals surface area contributed by atoms with Crippen LogP contribution in [0.2, 0.25) is 5.02 Å². The summed E-state index contributed by atoms with van der Waals surface area (Å²) in [5.74, 6) is -0.184. The summed E-state index contributed by atoms with van der Waals surface area (Å²) < 4.78 is 0. The van der Waals surface area contributed by atoms with Crippen molar-refractivity contribution in [3.05, 3.63) is 64.7 Å². The quantitative estimate of drug-likeness (QED) is 0.926. The number of rotatable bonds is 4. The maximum Gasteiger partial charge on any atom is 0.243 e. The lowest BCUT2D eigenvalue weighted by molar-refractivity contribution is -0.126. The molecule has 5 heteroatoms. The lowest BCUT2D eigenvalue weighted by Gasteiger charge is -2.24. The Labute approximate surface area is 146 Å². The number of amides is 2. The lowest BCUT2D eigenvalue weighted by atomic mass is 10.1. The van der Waals surface area contributed by atoms with E-state index in [1.54, 1.807) is 11.0 Å². The van der Waals surface area contributed by atoms with Gasteiger partial charge in [-0.25, -0.2) is 0 Å². The fraction of sp³-hybridized carbons (Fsp3) is 0.263. The number of carbonyl (C=O) groups excluding carboxylic acids is 2. The third-order valence-corrected chi connectivity index (χ3v) is 4.44. The van der Waals surface area contributed by atoms with E-state index in [0.717, 1.165) is 16.8 Å². The second kappa shape index (κ2) is 7.05. The summed E-state index contributed by atoms with van der Waals surface area (Å²) in [6.07, 6.45) is 0.912. The molecule has 124 valence electrons. The molecule has 0 aromatic heterocycles. The minimum atomic E-state index is -0.492. The molecule has 2 amide bonds. The van der Waals surface area contributed by atoms with E-state index >= 15 is 0 Å². The fourth-order valence-electron chi connectivity index (χ4n) is 3.03. The molecule has 1 aliphatic rings. The first-order chi connectivity index (χ1) is 11.6. The summed E-state index contributed by atoms with van der Waals surface area (Å²) in [5.41, 5.74) is 2.80. The van der Waals surface area contributed by atoms with Crippen molar-refractivity contribution in [2.75, 3.05) is 4.90 Å². The Morgan fingerprint density at radius 3 is 2.75 bits per heavy atom. The predicted octanol–water partition coefficient (Wildman–Crippen LogP) is 3.32. The summed E-state index contributed by atoms with van der Waals surface area (Å²) in [6, 6.07) is 14.6. The van der Waals surface area contributed by atoms with Gasteiger partial charge in [0.05, 0.1) is 0 Å². The SMILES string of the molecule is CCC(=O)N1c2ccccc2C[C@@H]1C(=O)NCc1cccc(Cl)c1. The van der Waals surface area contributed by atoms with Gasteiger partial charge in [-0.05, 0) is 29.3 Å². The van der Waals surface area contributed by atoms with Crippen LogP contribution in [0.25, 0.3) is 0 Å². The van der Waals surface area contributed by atoms with Gasteiger partial charge in [0.1, 0.15) is 6.04 Å². The molecule has 0 radical (unpaired) electrons. The van der Waals surface area contributed by atoms with E-state index in [1.165, 1.54) is 0 Å². The van der Waals surface area contributed by atoms with Gasteiger partial charge in [-0.1, -0.05) is 48.9 Å². The number of nitrogens with zero attached hydrogens (tertiary/aromatic N) is 1. The number of benzene rings is 2. The molecule has 0 unspecified atom stereocenters. The van der Waals surface area contributed by atoms with Gasteiger partial charge < -0.3 is 5.32 Å². The molecule has 0 saturated carbocycles.